The second-order valence-corrected chi connectivity index (χ2v) is 5.22. The summed E-state index contributed by atoms with van der Waals surface area (Å²) in [5.41, 5.74) is 9.19. The summed E-state index contributed by atoms with van der Waals surface area (Å²) in [6, 6.07) is 5.13. The van der Waals surface area contributed by atoms with Crippen molar-refractivity contribution < 1.29 is 4.79 Å². The van der Waals surface area contributed by atoms with Crippen molar-refractivity contribution in [2.75, 3.05) is 11.1 Å². The van der Waals surface area contributed by atoms with Crippen LogP contribution >= 0.6 is 15.9 Å². The first-order valence-electron chi connectivity index (χ1n) is 5.76. The maximum Gasteiger partial charge on any atom is 0.256 e. The number of hydrogen-bond acceptors (Lipinski definition) is 3. The van der Waals surface area contributed by atoms with Gasteiger partial charge in [0, 0.05) is 17.2 Å². The first-order valence-corrected chi connectivity index (χ1v) is 6.56. The van der Waals surface area contributed by atoms with E-state index in [0.29, 0.717) is 15.7 Å². The van der Waals surface area contributed by atoms with E-state index in [9.17, 15) is 4.79 Å². The zero-order chi connectivity index (χ0) is 14.2. The Labute approximate surface area is 119 Å². The minimum absolute atomic E-state index is 0.210. The second kappa shape index (κ2) is 5.05. The number of nitrogens with one attached hydrogen (secondary N) is 1. The van der Waals surface area contributed by atoms with E-state index < -0.39 is 0 Å². The van der Waals surface area contributed by atoms with E-state index >= 15 is 0 Å². The number of nitrogens with zero attached hydrogens (tertiary/aromatic N) is 2. The Hall–Kier alpha value is -1.82. The number of nitrogen functional groups attached to an aromatic ring is 1. The highest BCUT2D eigenvalue weighted by atomic mass is 79.9. The summed E-state index contributed by atoms with van der Waals surface area (Å²) < 4.78 is 2.44. The van der Waals surface area contributed by atoms with E-state index in [0.717, 1.165) is 17.1 Å². The molecule has 0 unspecified atom stereocenters. The lowest BCUT2D eigenvalue weighted by molar-refractivity contribution is 0.102. The van der Waals surface area contributed by atoms with Crippen LogP contribution in [0.4, 0.5) is 11.4 Å². The van der Waals surface area contributed by atoms with Crippen molar-refractivity contribution in [3.63, 3.8) is 0 Å². The van der Waals surface area contributed by atoms with Crippen LogP contribution in [-0.2, 0) is 7.05 Å². The number of halogens is 1. The molecule has 5 nitrogen and oxygen atoms in total. The molecule has 0 aliphatic rings. The summed E-state index contributed by atoms with van der Waals surface area (Å²) in [5.74, 6) is -0.210. The van der Waals surface area contributed by atoms with Gasteiger partial charge in [-0.2, -0.15) is 5.10 Å². The molecule has 3 N–H and O–H groups in total. The molecule has 1 aromatic heterocycles. The molecule has 2 rings (SSSR count). The van der Waals surface area contributed by atoms with Crippen LogP contribution in [0, 0.1) is 13.8 Å². The van der Waals surface area contributed by atoms with Gasteiger partial charge in [0.05, 0.1) is 22.6 Å². The maximum atomic E-state index is 12.3. The second-order valence-electron chi connectivity index (χ2n) is 4.36. The van der Waals surface area contributed by atoms with Gasteiger partial charge >= 0.3 is 0 Å². The molecule has 1 heterocycles. The van der Waals surface area contributed by atoms with Crippen LogP contribution in [0.25, 0.3) is 0 Å². The van der Waals surface area contributed by atoms with Crippen LogP contribution in [0.5, 0.6) is 0 Å². The van der Waals surface area contributed by atoms with Crippen molar-refractivity contribution in [3.8, 4) is 0 Å². The van der Waals surface area contributed by atoms with E-state index in [1.54, 1.807) is 22.9 Å². The predicted molar refractivity (Wildman–Crippen MR) is 79.2 cm³/mol. The Morgan fingerprint density at radius 2 is 2.11 bits per heavy atom. The van der Waals surface area contributed by atoms with Gasteiger partial charge in [0.2, 0.25) is 0 Å². The number of amides is 1. The van der Waals surface area contributed by atoms with Gasteiger partial charge in [-0.05, 0) is 48.0 Å². The molecule has 100 valence electrons. The van der Waals surface area contributed by atoms with E-state index in [4.69, 9.17) is 5.73 Å². The fourth-order valence-corrected chi connectivity index (χ4v) is 2.28. The van der Waals surface area contributed by atoms with Crippen LogP contribution in [0.1, 0.15) is 21.7 Å². The Morgan fingerprint density at radius 3 is 2.68 bits per heavy atom. The minimum Gasteiger partial charge on any atom is -0.399 e. The standard InChI is InChI=1S/C13H15BrN4O/c1-7-12(8(2)18(3)17-7)16-13(19)10-6-9(15)4-5-11(10)14/h4-6H,15H2,1-3H3,(H,16,19). The molecule has 0 radical (unpaired) electrons. The summed E-state index contributed by atoms with van der Waals surface area (Å²) in [4.78, 5) is 12.3. The molecule has 0 bridgehead atoms. The molecule has 19 heavy (non-hydrogen) atoms. The highest BCUT2D eigenvalue weighted by molar-refractivity contribution is 9.10. The number of anilines is 2. The number of rotatable bonds is 2. The Bertz CT molecular complexity index is 648. The van der Waals surface area contributed by atoms with Crippen molar-refractivity contribution in [2.24, 2.45) is 7.05 Å². The lowest BCUT2D eigenvalue weighted by Gasteiger charge is -2.08. The lowest BCUT2D eigenvalue weighted by Crippen LogP contribution is -2.14. The summed E-state index contributed by atoms with van der Waals surface area (Å²) in [6.45, 7) is 3.76. The van der Waals surface area contributed by atoms with Gasteiger partial charge in [-0.25, -0.2) is 0 Å². The fraction of sp³-hybridized carbons (Fsp3) is 0.231. The normalized spacial score (nSPS) is 10.5. The molecule has 0 saturated carbocycles. The molecule has 0 atom stereocenters. The summed E-state index contributed by atoms with van der Waals surface area (Å²) >= 11 is 3.35. The van der Waals surface area contributed by atoms with Crippen molar-refractivity contribution in [1.82, 2.24) is 9.78 Å². The van der Waals surface area contributed by atoms with E-state index in [1.165, 1.54) is 0 Å². The lowest BCUT2D eigenvalue weighted by atomic mass is 10.2. The van der Waals surface area contributed by atoms with Gasteiger partial charge in [0.1, 0.15) is 0 Å². The molecule has 0 saturated heterocycles. The van der Waals surface area contributed by atoms with Gasteiger partial charge < -0.3 is 11.1 Å². The summed E-state index contributed by atoms with van der Waals surface area (Å²) in [5, 5.41) is 7.14. The molecule has 1 aromatic carbocycles. The third-order valence-electron chi connectivity index (χ3n) is 2.98. The Kier molecular flexibility index (Phi) is 3.61. The van der Waals surface area contributed by atoms with Crippen LogP contribution in [-0.4, -0.2) is 15.7 Å². The molecular weight excluding hydrogens is 308 g/mol. The van der Waals surface area contributed by atoms with Crippen LogP contribution < -0.4 is 11.1 Å². The number of nitrogens with two attached hydrogens (primary N) is 1. The average molecular weight is 323 g/mol. The third kappa shape index (κ3) is 2.63. The van der Waals surface area contributed by atoms with E-state index in [1.807, 2.05) is 20.9 Å². The SMILES string of the molecule is Cc1nn(C)c(C)c1NC(=O)c1cc(N)ccc1Br. The van der Waals surface area contributed by atoms with Crippen molar-refractivity contribution in [2.45, 2.75) is 13.8 Å². The minimum atomic E-state index is -0.210. The van der Waals surface area contributed by atoms with Crippen LogP contribution in [0.3, 0.4) is 0 Å². The quantitative estimate of drug-likeness (QED) is 0.835. The smallest absolute Gasteiger partial charge is 0.256 e. The molecular formula is C13H15BrN4O. The third-order valence-corrected chi connectivity index (χ3v) is 3.67. The average Bonchev–Trinajstić information content (AvgIpc) is 2.59. The monoisotopic (exact) mass is 322 g/mol. The summed E-state index contributed by atoms with van der Waals surface area (Å²) in [6.07, 6.45) is 0. The van der Waals surface area contributed by atoms with Crippen molar-refractivity contribution in [3.05, 3.63) is 39.6 Å². The molecule has 0 fully saturated rings. The van der Waals surface area contributed by atoms with Crippen molar-refractivity contribution >= 4 is 33.2 Å². The maximum absolute atomic E-state index is 12.3. The number of hydrogen-bond donors (Lipinski definition) is 2. The summed E-state index contributed by atoms with van der Waals surface area (Å²) in [7, 11) is 1.84. The van der Waals surface area contributed by atoms with Crippen LogP contribution in [0.2, 0.25) is 0 Å². The molecule has 2 aromatic rings. The highest BCUT2D eigenvalue weighted by Gasteiger charge is 2.15. The Morgan fingerprint density at radius 1 is 1.42 bits per heavy atom. The largest absolute Gasteiger partial charge is 0.399 e. The molecule has 1 amide bonds. The fourth-order valence-electron chi connectivity index (χ4n) is 1.85. The zero-order valence-electron chi connectivity index (χ0n) is 11.0. The van der Waals surface area contributed by atoms with Gasteiger partial charge in [0.25, 0.3) is 5.91 Å². The number of benzene rings is 1. The number of aromatic nitrogens is 2. The van der Waals surface area contributed by atoms with Gasteiger partial charge in [0.15, 0.2) is 0 Å². The molecule has 0 aliphatic heterocycles. The molecule has 6 heteroatoms. The predicted octanol–water partition coefficient (Wildman–Crippen LogP) is 2.63. The number of carbonyl (C=O) groups is 1. The number of carbonyl (C=O) groups excluding carboxylic acids is 1. The van der Waals surface area contributed by atoms with Gasteiger partial charge in [-0.3, -0.25) is 9.48 Å². The van der Waals surface area contributed by atoms with Gasteiger partial charge in [-0.15, -0.1) is 0 Å². The Balaban J connectivity index is 2.33. The van der Waals surface area contributed by atoms with Crippen molar-refractivity contribution in [1.29, 1.82) is 0 Å². The first-order chi connectivity index (χ1) is 8.90. The van der Waals surface area contributed by atoms with E-state index in [-0.39, 0.29) is 5.91 Å². The topological polar surface area (TPSA) is 72.9 Å². The highest BCUT2D eigenvalue weighted by Crippen LogP contribution is 2.23. The zero-order valence-corrected chi connectivity index (χ0v) is 12.6. The number of aryl methyl sites for hydroxylation is 2. The molecule has 0 spiro atoms. The van der Waals surface area contributed by atoms with Crippen LogP contribution in [0.15, 0.2) is 22.7 Å². The van der Waals surface area contributed by atoms with Gasteiger partial charge in [-0.1, -0.05) is 0 Å². The molecule has 0 aliphatic carbocycles. The van der Waals surface area contributed by atoms with E-state index in [2.05, 4.69) is 26.3 Å². The first kappa shape index (κ1) is 13.6.